The molecule has 0 fully saturated rings. The lowest BCUT2D eigenvalue weighted by atomic mass is 10.1. The van der Waals surface area contributed by atoms with Crippen LogP contribution in [0, 0.1) is 13.8 Å². The van der Waals surface area contributed by atoms with E-state index < -0.39 is 50.9 Å². The smallest absolute Gasteiger partial charge is 0.321 e. The highest BCUT2D eigenvalue weighted by Crippen LogP contribution is 2.33. The Bertz CT molecular complexity index is 1230. The fourth-order valence-corrected chi connectivity index (χ4v) is 6.02. The van der Waals surface area contributed by atoms with Crippen molar-refractivity contribution in [2.24, 2.45) is 0 Å². The molecule has 0 bridgehead atoms. The molecular formula is C20H24N2O8S2. The summed E-state index contributed by atoms with van der Waals surface area (Å²) in [6.07, 6.45) is -1.00. The number of carboxylic acids is 2. The van der Waals surface area contributed by atoms with E-state index in [4.69, 9.17) is 5.11 Å². The molecule has 0 heterocycles. The van der Waals surface area contributed by atoms with Crippen LogP contribution in [0.4, 0.5) is 5.69 Å². The van der Waals surface area contributed by atoms with E-state index in [1.165, 1.54) is 38.2 Å². The van der Waals surface area contributed by atoms with Gasteiger partial charge in [-0.2, -0.15) is 4.72 Å². The zero-order valence-electron chi connectivity index (χ0n) is 17.6. The Kier molecular flexibility index (Phi) is 7.65. The number of aryl methyl sites for hydroxylation is 1. The lowest BCUT2D eigenvalue weighted by Gasteiger charge is -2.25. The molecule has 3 N–H and O–H groups in total. The quantitative estimate of drug-likeness (QED) is 0.460. The number of benzene rings is 2. The summed E-state index contributed by atoms with van der Waals surface area (Å²) in [4.78, 5) is 21.9. The van der Waals surface area contributed by atoms with Crippen LogP contribution in [-0.2, 0) is 29.6 Å². The predicted molar refractivity (Wildman–Crippen MR) is 117 cm³/mol. The Labute approximate surface area is 186 Å². The van der Waals surface area contributed by atoms with Gasteiger partial charge in [-0.15, -0.1) is 0 Å². The molecule has 0 radical (unpaired) electrons. The topological polar surface area (TPSA) is 158 Å². The van der Waals surface area contributed by atoms with Crippen LogP contribution in [0.2, 0.25) is 0 Å². The fourth-order valence-electron chi connectivity index (χ4n) is 3.21. The molecule has 0 amide bonds. The molecule has 12 heteroatoms. The van der Waals surface area contributed by atoms with E-state index in [-0.39, 0.29) is 21.0 Å². The third-order valence-electron chi connectivity index (χ3n) is 4.83. The predicted octanol–water partition coefficient (Wildman–Crippen LogP) is 1.72. The van der Waals surface area contributed by atoms with Gasteiger partial charge in [0.15, 0.2) is 0 Å². The van der Waals surface area contributed by atoms with Crippen LogP contribution in [0.5, 0.6) is 0 Å². The number of hydrogen-bond donors (Lipinski definition) is 3. The van der Waals surface area contributed by atoms with Gasteiger partial charge in [-0.05, 0) is 49.6 Å². The minimum atomic E-state index is -4.41. The highest BCUT2D eigenvalue weighted by molar-refractivity contribution is 7.92. The van der Waals surface area contributed by atoms with Crippen molar-refractivity contribution < 1.29 is 36.6 Å². The van der Waals surface area contributed by atoms with Gasteiger partial charge >= 0.3 is 11.9 Å². The van der Waals surface area contributed by atoms with Crippen molar-refractivity contribution in [3.05, 3.63) is 53.6 Å². The number of aliphatic carboxylic acids is 2. The SMILES string of the molecule is Cc1ccc(S(=O)(=O)N[C@H](CCC(=O)O)C(=O)O)c(C)c1N(C)S(=O)(=O)c1ccccc1. The first-order valence-corrected chi connectivity index (χ1v) is 12.3. The first-order chi connectivity index (χ1) is 14.8. The zero-order valence-corrected chi connectivity index (χ0v) is 19.3. The van der Waals surface area contributed by atoms with Crippen LogP contribution in [0.25, 0.3) is 0 Å². The van der Waals surface area contributed by atoms with E-state index in [0.29, 0.717) is 5.56 Å². The van der Waals surface area contributed by atoms with Gasteiger partial charge in [0.05, 0.1) is 15.5 Å². The summed E-state index contributed by atoms with van der Waals surface area (Å²) < 4.78 is 54.9. The Morgan fingerprint density at radius 2 is 1.59 bits per heavy atom. The molecule has 10 nitrogen and oxygen atoms in total. The molecule has 0 aliphatic carbocycles. The van der Waals surface area contributed by atoms with Gasteiger partial charge in [0.2, 0.25) is 10.0 Å². The first-order valence-electron chi connectivity index (χ1n) is 9.40. The number of nitrogens with zero attached hydrogens (tertiary/aromatic N) is 1. The molecule has 2 aromatic rings. The van der Waals surface area contributed by atoms with Crippen molar-refractivity contribution in [3.8, 4) is 0 Å². The Morgan fingerprint density at radius 3 is 2.12 bits per heavy atom. The first kappa shape index (κ1) is 25.3. The van der Waals surface area contributed by atoms with Crippen LogP contribution in [0.3, 0.4) is 0 Å². The lowest BCUT2D eigenvalue weighted by molar-refractivity contribution is -0.140. The van der Waals surface area contributed by atoms with E-state index in [1.54, 1.807) is 25.1 Å². The van der Waals surface area contributed by atoms with Gasteiger partial charge in [-0.1, -0.05) is 24.3 Å². The second-order valence-electron chi connectivity index (χ2n) is 7.08. The van der Waals surface area contributed by atoms with Crippen LogP contribution < -0.4 is 9.03 Å². The number of carboxylic acid groups (broad SMARTS) is 2. The maximum Gasteiger partial charge on any atom is 0.321 e. The molecule has 32 heavy (non-hydrogen) atoms. The van der Waals surface area contributed by atoms with Crippen molar-refractivity contribution in [1.29, 1.82) is 0 Å². The summed E-state index contributed by atoms with van der Waals surface area (Å²) in [6.45, 7) is 3.04. The van der Waals surface area contributed by atoms with Gasteiger partial charge in [0.1, 0.15) is 6.04 Å². The summed E-state index contributed by atoms with van der Waals surface area (Å²) in [5, 5.41) is 18.0. The Morgan fingerprint density at radius 1 is 1.00 bits per heavy atom. The molecule has 0 aromatic heterocycles. The third-order valence-corrected chi connectivity index (χ3v) is 8.22. The second kappa shape index (κ2) is 9.67. The van der Waals surface area contributed by atoms with E-state index in [1.807, 2.05) is 4.72 Å². The lowest BCUT2D eigenvalue weighted by Crippen LogP contribution is -2.41. The average molecular weight is 485 g/mol. The summed E-state index contributed by atoms with van der Waals surface area (Å²) >= 11 is 0. The van der Waals surface area contributed by atoms with Gasteiger partial charge in [0, 0.05) is 13.5 Å². The average Bonchev–Trinajstić information content (AvgIpc) is 2.71. The number of nitrogens with one attached hydrogen (secondary N) is 1. The number of carbonyl (C=O) groups is 2. The van der Waals surface area contributed by atoms with Gasteiger partial charge < -0.3 is 10.2 Å². The van der Waals surface area contributed by atoms with Crippen molar-refractivity contribution >= 4 is 37.7 Å². The molecule has 0 spiro atoms. The molecule has 0 aliphatic heterocycles. The van der Waals surface area contributed by atoms with Crippen LogP contribution >= 0.6 is 0 Å². The number of rotatable bonds is 10. The van der Waals surface area contributed by atoms with Crippen LogP contribution in [0.15, 0.2) is 52.3 Å². The van der Waals surface area contributed by atoms with Gasteiger partial charge in [0.25, 0.3) is 10.0 Å². The molecule has 2 rings (SSSR count). The van der Waals surface area contributed by atoms with Crippen LogP contribution in [-0.4, -0.2) is 52.1 Å². The molecule has 2 aromatic carbocycles. The zero-order chi connectivity index (χ0) is 24.3. The van der Waals surface area contributed by atoms with Crippen molar-refractivity contribution in [2.75, 3.05) is 11.4 Å². The molecule has 0 unspecified atom stereocenters. The van der Waals surface area contributed by atoms with Gasteiger partial charge in [-0.25, -0.2) is 16.8 Å². The molecule has 1 atom stereocenters. The van der Waals surface area contributed by atoms with Crippen LogP contribution in [0.1, 0.15) is 24.0 Å². The van der Waals surface area contributed by atoms with Gasteiger partial charge in [-0.3, -0.25) is 13.9 Å². The largest absolute Gasteiger partial charge is 0.481 e. The fraction of sp³-hybridized carbons (Fsp3) is 0.300. The number of hydrogen-bond acceptors (Lipinski definition) is 6. The highest BCUT2D eigenvalue weighted by atomic mass is 32.2. The van der Waals surface area contributed by atoms with Crippen molar-refractivity contribution in [1.82, 2.24) is 4.72 Å². The summed E-state index contributed by atoms with van der Waals surface area (Å²) in [6, 6.07) is 8.62. The summed E-state index contributed by atoms with van der Waals surface area (Å²) in [5.41, 5.74) is 0.722. The Hall–Kier alpha value is -2.96. The standard InChI is InChI=1S/C20H24N2O8S2/c1-13-9-11-17(31(27,28)21-16(20(25)26)10-12-18(23)24)14(2)19(13)22(3)32(29,30)15-7-5-4-6-8-15/h4-9,11,16,21H,10,12H2,1-3H3,(H,23,24)(H,25,26)/t16-/m1/s1. The highest BCUT2D eigenvalue weighted by Gasteiger charge is 2.30. The number of anilines is 1. The van der Waals surface area contributed by atoms with E-state index >= 15 is 0 Å². The minimum Gasteiger partial charge on any atom is -0.481 e. The summed E-state index contributed by atoms with van der Waals surface area (Å²) in [5.74, 6) is -2.79. The van der Waals surface area contributed by atoms with E-state index in [2.05, 4.69) is 0 Å². The monoisotopic (exact) mass is 484 g/mol. The number of sulfonamides is 2. The maximum atomic E-state index is 13.0. The molecular weight excluding hydrogens is 460 g/mol. The van der Waals surface area contributed by atoms with E-state index in [9.17, 15) is 31.5 Å². The minimum absolute atomic E-state index is 0.0206. The molecule has 0 saturated heterocycles. The second-order valence-corrected chi connectivity index (χ2v) is 10.7. The van der Waals surface area contributed by atoms with Crippen molar-refractivity contribution in [2.45, 2.75) is 42.5 Å². The molecule has 174 valence electrons. The molecule has 0 saturated carbocycles. The molecule has 0 aliphatic rings. The summed E-state index contributed by atoms with van der Waals surface area (Å²) in [7, 11) is -7.11. The van der Waals surface area contributed by atoms with E-state index in [0.717, 1.165) is 4.31 Å². The third kappa shape index (κ3) is 5.44. The van der Waals surface area contributed by atoms with Crippen molar-refractivity contribution in [3.63, 3.8) is 0 Å². The normalized spacial score (nSPS) is 12.8. The maximum absolute atomic E-state index is 13.0. The Balaban J connectivity index is 2.51.